The Bertz CT molecular complexity index is 696. The van der Waals surface area contributed by atoms with E-state index in [2.05, 4.69) is 11.9 Å². The van der Waals surface area contributed by atoms with Crippen LogP contribution in [0.15, 0.2) is 66.1 Å². The van der Waals surface area contributed by atoms with Gasteiger partial charge in [-0.2, -0.15) is 0 Å². The van der Waals surface area contributed by atoms with Gasteiger partial charge in [0.25, 0.3) is 0 Å². The lowest BCUT2D eigenvalue weighted by Crippen LogP contribution is -2.25. The first-order valence-corrected chi connectivity index (χ1v) is 9.56. The molecule has 0 unspecified atom stereocenters. The molecule has 0 saturated carbocycles. The standard InChI is InChI=1S/C21H25NO3S/c1-4-13-26-20-11-9-19(10-12-20)25-18-7-5-17(6-8-18)14-22-21(23)24-15-16(2)3/h4-12,16H,1,13-15H2,2-3H3,(H,22,23). The average Bonchev–Trinajstić information content (AvgIpc) is 2.65. The van der Waals surface area contributed by atoms with Gasteiger partial charge in [0.15, 0.2) is 0 Å². The fraction of sp³-hybridized carbons (Fsp3) is 0.286. The van der Waals surface area contributed by atoms with Crippen LogP contribution in [0.25, 0.3) is 0 Å². The molecule has 0 bridgehead atoms. The number of hydrogen-bond donors (Lipinski definition) is 1. The summed E-state index contributed by atoms with van der Waals surface area (Å²) in [6.45, 7) is 8.56. The number of benzene rings is 2. The van der Waals surface area contributed by atoms with Crippen LogP contribution in [-0.4, -0.2) is 18.5 Å². The summed E-state index contributed by atoms with van der Waals surface area (Å²) in [5.74, 6) is 2.76. The number of ether oxygens (including phenoxy) is 2. The summed E-state index contributed by atoms with van der Waals surface area (Å²) in [7, 11) is 0. The molecule has 2 aromatic carbocycles. The Labute approximate surface area is 159 Å². The van der Waals surface area contributed by atoms with E-state index in [1.54, 1.807) is 11.8 Å². The average molecular weight is 372 g/mol. The third-order valence-electron chi connectivity index (χ3n) is 3.34. The molecule has 4 nitrogen and oxygen atoms in total. The van der Waals surface area contributed by atoms with Crippen molar-refractivity contribution in [2.45, 2.75) is 25.3 Å². The maximum atomic E-state index is 11.6. The molecule has 1 N–H and O–H groups in total. The molecule has 1 amide bonds. The smallest absolute Gasteiger partial charge is 0.407 e. The second-order valence-corrected chi connectivity index (χ2v) is 7.26. The van der Waals surface area contributed by atoms with Crippen molar-refractivity contribution in [3.8, 4) is 11.5 Å². The Kier molecular flexibility index (Phi) is 8.09. The van der Waals surface area contributed by atoms with E-state index in [-0.39, 0.29) is 0 Å². The fourth-order valence-electron chi connectivity index (χ4n) is 2.04. The Balaban J connectivity index is 1.81. The number of amides is 1. The second-order valence-electron chi connectivity index (χ2n) is 6.16. The van der Waals surface area contributed by atoms with E-state index >= 15 is 0 Å². The van der Waals surface area contributed by atoms with Gasteiger partial charge in [0, 0.05) is 17.2 Å². The lowest BCUT2D eigenvalue weighted by atomic mass is 10.2. The van der Waals surface area contributed by atoms with Crippen LogP contribution >= 0.6 is 11.8 Å². The third-order valence-corrected chi connectivity index (χ3v) is 4.34. The first kappa shape index (κ1) is 19.9. The molecule has 2 aromatic rings. The van der Waals surface area contributed by atoms with Crippen molar-refractivity contribution in [1.82, 2.24) is 5.32 Å². The zero-order valence-electron chi connectivity index (χ0n) is 15.2. The fourth-order valence-corrected chi connectivity index (χ4v) is 2.68. The second kappa shape index (κ2) is 10.6. The van der Waals surface area contributed by atoms with Crippen molar-refractivity contribution >= 4 is 17.9 Å². The number of hydrogen-bond acceptors (Lipinski definition) is 4. The summed E-state index contributed by atoms with van der Waals surface area (Å²) in [4.78, 5) is 12.7. The van der Waals surface area contributed by atoms with Crippen molar-refractivity contribution in [2.24, 2.45) is 5.92 Å². The molecule has 0 saturated heterocycles. The highest BCUT2D eigenvalue weighted by Crippen LogP contribution is 2.25. The lowest BCUT2D eigenvalue weighted by Gasteiger charge is -2.10. The lowest BCUT2D eigenvalue weighted by molar-refractivity contribution is 0.132. The Hall–Kier alpha value is -2.40. The molecule has 0 spiro atoms. The molecule has 2 rings (SSSR count). The molecule has 5 heteroatoms. The largest absolute Gasteiger partial charge is 0.457 e. The molecule has 0 aromatic heterocycles. The van der Waals surface area contributed by atoms with Crippen LogP contribution in [0.5, 0.6) is 11.5 Å². The van der Waals surface area contributed by atoms with Gasteiger partial charge >= 0.3 is 6.09 Å². The minimum absolute atomic E-state index is 0.326. The third kappa shape index (κ3) is 7.23. The van der Waals surface area contributed by atoms with Gasteiger partial charge in [-0.25, -0.2) is 4.79 Å². The first-order valence-electron chi connectivity index (χ1n) is 8.58. The zero-order valence-corrected chi connectivity index (χ0v) is 16.1. The molecule has 0 fully saturated rings. The molecular weight excluding hydrogens is 346 g/mol. The van der Waals surface area contributed by atoms with Gasteiger partial charge in [-0.15, -0.1) is 18.3 Å². The summed E-state index contributed by atoms with van der Waals surface area (Å²) in [5, 5.41) is 2.74. The molecule has 0 radical (unpaired) electrons. The van der Waals surface area contributed by atoms with Gasteiger partial charge in [0.05, 0.1) is 6.61 Å². The van der Waals surface area contributed by atoms with Crippen LogP contribution in [0.1, 0.15) is 19.4 Å². The summed E-state index contributed by atoms with van der Waals surface area (Å²) in [6.07, 6.45) is 1.49. The Morgan fingerprint density at radius 2 is 1.73 bits per heavy atom. The van der Waals surface area contributed by atoms with Crippen molar-refractivity contribution in [1.29, 1.82) is 0 Å². The highest BCUT2D eigenvalue weighted by atomic mass is 32.2. The molecular formula is C21H25NO3S. The van der Waals surface area contributed by atoms with E-state index in [1.165, 1.54) is 4.90 Å². The molecule has 0 aliphatic rings. The van der Waals surface area contributed by atoms with Crippen LogP contribution < -0.4 is 10.1 Å². The van der Waals surface area contributed by atoms with Crippen LogP contribution in [0.2, 0.25) is 0 Å². The predicted molar refractivity (Wildman–Crippen MR) is 107 cm³/mol. The van der Waals surface area contributed by atoms with E-state index in [0.29, 0.717) is 19.1 Å². The number of alkyl carbamates (subject to hydrolysis) is 1. The van der Waals surface area contributed by atoms with Crippen LogP contribution in [0, 0.1) is 5.92 Å². The summed E-state index contributed by atoms with van der Waals surface area (Å²) < 4.78 is 10.9. The maximum Gasteiger partial charge on any atom is 0.407 e. The van der Waals surface area contributed by atoms with E-state index in [9.17, 15) is 4.79 Å². The predicted octanol–water partition coefficient (Wildman–Crippen LogP) is 5.64. The van der Waals surface area contributed by atoms with Gasteiger partial charge in [-0.05, 0) is 47.9 Å². The molecule has 0 aliphatic heterocycles. The molecule has 138 valence electrons. The number of nitrogens with one attached hydrogen (secondary N) is 1. The number of rotatable bonds is 9. The summed E-state index contributed by atoms with van der Waals surface area (Å²) in [5.41, 5.74) is 0.981. The van der Waals surface area contributed by atoms with Crippen LogP contribution in [0.4, 0.5) is 4.79 Å². The zero-order chi connectivity index (χ0) is 18.8. The van der Waals surface area contributed by atoms with Crippen molar-refractivity contribution < 1.29 is 14.3 Å². The molecule has 26 heavy (non-hydrogen) atoms. The van der Waals surface area contributed by atoms with E-state index in [0.717, 1.165) is 22.8 Å². The minimum atomic E-state index is -0.395. The molecule has 0 heterocycles. The quantitative estimate of drug-likeness (QED) is 0.458. The molecule has 0 atom stereocenters. The summed E-state index contributed by atoms with van der Waals surface area (Å²) in [6, 6.07) is 15.6. The number of carbonyl (C=O) groups excluding carboxylic acids is 1. The van der Waals surface area contributed by atoms with Crippen molar-refractivity contribution in [2.75, 3.05) is 12.4 Å². The topological polar surface area (TPSA) is 47.6 Å². The molecule has 0 aliphatic carbocycles. The summed E-state index contributed by atoms with van der Waals surface area (Å²) >= 11 is 1.73. The maximum absolute atomic E-state index is 11.6. The number of thioether (sulfide) groups is 1. The van der Waals surface area contributed by atoms with Crippen molar-refractivity contribution in [3.05, 3.63) is 66.7 Å². The normalized spacial score (nSPS) is 10.4. The van der Waals surface area contributed by atoms with E-state index in [1.807, 2.05) is 68.5 Å². The SMILES string of the molecule is C=CCSc1ccc(Oc2ccc(CNC(=O)OCC(C)C)cc2)cc1. The van der Waals surface area contributed by atoms with Crippen LogP contribution in [0.3, 0.4) is 0 Å². The van der Waals surface area contributed by atoms with Crippen molar-refractivity contribution in [3.63, 3.8) is 0 Å². The number of carbonyl (C=O) groups is 1. The minimum Gasteiger partial charge on any atom is -0.457 e. The van der Waals surface area contributed by atoms with E-state index < -0.39 is 6.09 Å². The highest BCUT2D eigenvalue weighted by molar-refractivity contribution is 7.99. The highest BCUT2D eigenvalue weighted by Gasteiger charge is 2.04. The van der Waals surface area contributed by atoms with Gasteiger partial charge < -0.3 is 14.8 Å². The van der Waals surface area contributed by atoms with Gasteiger partial charge in [0.2, 0.25) is 0 Å². The monoisotopic (exact) mass is 371 g/mol. The first-order chi connectivity index (χ1) is 12.6. The van der Waals surface area contributed by atoms with Crippen LogP contribution in [-0.2, 0) is 11.3 Å². The van der Waals surface area contributed by atoms with E-state index in [4.69, 9.17) is 9.47 Å². The van der Waals surface area contributed by atoms with Gasteiger partial charge in [-0.1, -0.05) is 32.1 Å². The van der Waals surface area contributed by atoms with Gasteiger partial charge in [0.1, 0.15) is 11.5 Å². The Morgan fingerprint density at radius 3 is 2.31 bits per heavy atom. The Morgan fingerprint density at radius 1 is 1.12 bits per heavy atom. The van der Waals surface area contributed by atoms with Gasteiger partial charge in [-0.3, -0.25) is 0 Å².